The Labute approximate surface area is 160 Å². The topological polar surface area (TPSA) is 93.9 Å². The molecule has 1 fully saturated rings. The lowest BCUT2D eigenvalue weighted by Crippen LogP contribution is -2.46. The van der Waals surface area contributed by atoms with Crippen LogP contribution in [0.25, 0.3) is 0 Å². The minimum Gasteiger partial charge on any atom is -0.346 e. The summed E-state index contributed by atoms with van der Waals surface area (Å²) in [6.07, 6.45) is 7.35. The van der Waals surface area contributed by atoms with Gasteiger partial charge in [0.2, 0.25) is 5.91 Å². The highest BCUT2D eigenvalue weighted by atomic mass is 32.2. The normalized spacial score (nSPS) is 18.0. The molecule has 8 heteroatoms. The summed E-state index contributed by atoms with van der Waals surface area (Å²) in [4.78, 5) is 13.6. The van der Waals surface area contributed by atoms with Crippen LogP contribution in [0.1, 0.15) is 56.5 Å². The Hall–Kier alpha value is -2.22. The third kappa shape index (κ3) is 3.90. The number of hydrogen-bond donors (Lipinski definition) is 1. The number of nitrogens with one attached hydrogen (secondary N) is 1. The average Bonchev–Trinajstić information content (AvgIpc) is 3.07. The maximum Gasteiger partial charge on any atom is 0.231 e. The molecule has 1 aliphatic carbocycles. The zero-order valence-corrected chi connectivity index (χ0v) is 16.8. The minimum absolute atomic E-state index is 0.0372. The van der Waals surface area contributed by atoms with Gasteiger partial charge in [-0.2, -0.15) is 0 Å². The predicted molar refractivity (Wildman–Crippen MR) is 102 cm³/mol. The van der Waals surface area contributed by atoms with E-state index in [9.17, 15) is 13.2 Å². The Bertz CT molecular complexity index is 913. The van der Waals surface area contributed by atoms with E-state index in [0.717, 1.165) is 37.7 Å². The Morgan fingerprint density at radius 2 is 1.81 bits per heavy atom. The van der Waals surface area contributed by atoms with Crippen molar-refractivity contribution in [2.75, 3.05) is 6.26 Å². The van der Waals surface area contributed by atoms with Crippen molar-refractivity contribution in [1.82, 2.24) is 20.1 Å². The van der Waals surface area contributed by atoms with Gasteiger partial charge in [0.1, 0.15) is 6.33 Å². The van der Waals surface area contributed by atoms with Crippen LogP contribution in [0.15, 0.2) is 35.5 Å². The molecule has 0 saturated heterocycles. The number of benzene rings is 1. The van der Waals surface area contributed by atoms with E-state index in [1.807, 2.05) is 14.0 Å². The summed E-state index contributed by atoms with van der Waals surface area (Å²) in [6.45, 7) is 1.89. The molecule has 1 amide bonds. The lowest BCUT2D eigenvalue weighted by atomic mass is 9.68. The minimum atomic E-state index is -3.26. The standard InChI is InChI=1S/C19H26N4O3S/c1-14(17-22-20-13-23(17)2)21-18(24)19(11-5-4-6-12-19)15-7-9-16(10-8-15)27(3,25)26/h7-10,13-14H,4-6,11-12H2,1-3H3,(H,21,24)/t14-/m0/s1. The largest absolute Gasteiger partial charge is 0.346 e. The number of carbonyl (C=O) groups excluding carboxylic acids is 1. The summed E-state index contributed by atoms with van der Waals surface area (Å²) in [5, 5.41) is 11.1. The van der Waals surface area contributed by atoms with Gasteiger partial charge in [-0.25, -0.2) is 8.42 Å². The lowest BCUT2D eigenvalue weighted by molar-refractivity contribution is -0.128. The third-order valence-corrected chi connectivity index (χ3v) is 6.59. The molecule has 0 radical (unpaired) electrons. The molecule has 146 valence electrons. The van der Waals surface area contributed by atoms with E-state index < -0.39 is 15.3 Å². The fraction of sp³-hybridized carbons (Fsp3) is 0.526. The van der Waals surface area contributed by atoms with Crippen LogP contribution in [0.2, 0.25) is 0 Å². The van der Waals surface area contributed by atoms with Crippen LogP contribution in [0.4, 0.5) is 0 Å². The molecule has 2 aromatic rings. The second kappa shape index (κ2) is 7.42. The van der Waals surface area contributed by atoms with Crippen LogP contribution in [-0.4, -0.2) is 35.3 Å². The Morgan fingerprint density at radius 1 is 1.19 bits per heavy atom. The zero-order valence-electron chi connectivity index (χ0n) is 16.0. The highest BCUT2D eigenvalue weighted by Gasteiger charge is 2.41. The molecule has 0 bridgehead atoms. The molecule has 1 atom stereocenters. The molecule has 1 aliphatic rings. The van der Waals surface area contributed by atoms with E-state index in [2.05, 4.69) is 15.5 Å². The first kappa shape index (κ1) is 19.5. The van der Waals surface area contributed by atoms with Crippen molar-refractivity contribution in [3.8, 4) is 0 Å². The van der Waals surface area contributed by atoms with Gasteiger partial charge in [0.15, 0.2) is 15.7 Å². The fourth-order valence-corrected chi connectivity index (χ4v) is 4.54. The van der Waals surface area contributed by atoms with Crippen LogP contribution in [0, 0.1) is 0 Å². The van der Waals surface area contributed by atoms with E-state index in [1.165, 1.54) is 6.26 Å². The van der Waals surface area contributed by atoms with Gasteiger partial charge in [-0.15, -0.1) is 10.2 Å². The van der Waals surface area contributed by atoms with E-state index in [4.69, 9.17) is 0 Å². The molecule has 0 aliphatic heterocycles. The smallest absolute Gasteiger partial charge is 0.231 e. The molecule has 27 heavy (non-hydrogen) atoms. The van der Waals surface area contributed by atoms with Gasteiger partial charge in [-0.1, -0.05) is 31.4 Å². The van der Waals surface area contributed by atoms with Gasteiger partial charge in [-0.3, -0.25) is 4.79 Å². The number of aromatic nitrogens is 3. The number of amides is 1. The molecule has 1 N–H and O–H groups in total. The second-order valence-electron chi connectivity index (χ2n) is 7.43. The molecule has 0 unspecified atom stereocenters. The molecule has 1 aromatic heterocycles. The molecular weight excluding hydrogens is 364 g/mol. The van der Waals surface area contributed by atoms with E-state index >= 15 is 0 Å². The van der Waals surface area contributed by atoms with Crippen molar-refractivity contribution < 1.29 is 13.2 Å². The summed E-state index contributed by atoms with van der Waals surface area (Å²) in [6, 6.07) is 6.50. The van der Waals surface area contributed by atoms with Crippen LogP contribution in [-0.2, 0) is 27.1 Å². The summed E-state index contributed by atoms with van der Waals surface area (Å²) < 4.78 is 25.3. The fourth-order valence-electron chi connectivity index (χ4n) is 3.91. The first-order valence-electron chi connectivity index (χ1n) is 9.19. The van der Waals surface area contributed by atoms with Crippen molar-refractivity contribution in [1.29, 1.82) is 0 Å². The van der Waals surface area contributed by atoms with Crippen molar-refractivity contribution in [2.45, 2.75) is 55.4 Å². The van der Waals surface area contributed by atoms with Crippen LogP contribution >= 0.6 is 0 Å². The summed E-state index contributed by atoms with van der Waals surface area (Å²) in [7, 11) is -1.42. The lowest BCUT2D eigenvalue weighted by Gasteiger charge is -2.37. The average molecular weight is 391 g/mol. The highest BCUT2D eigenvalue weighted by molar-refractivity contribution is 7.90. The molecule has 7 nitrogen and oxygen atoms in total. The van der Waals surface area contributed by atoms with Crippen LogP contribution in [0.5, 0.6) is 0 Å². The van der Waals surface area contributed by atoms with Crippen LogP contribution in [0.3, 0.4) is 0 Å². The van der Waals surface area contributed by atoms with Gasteiger partial charge in [0, 0.05) is 13.3 Å². The Balaban J connectivity index is 1.90. The van der Waals surface area contributed by atoms with Crippen LogP contribution < -0.4 is 5.32 Å². The molecule has 1 heterocycles. The van der Waals surface area contributed by atoms with E-state index in [-0.39, 0.29) is 16.8 Å². The van der Waals surface area contributed by atoms with Gasteiger partial charge in [0.05, 0.1) is 16.4 Å². The number of hydrogen-bond acceptors (Lipinski definition) is 5. The zero-order chi connectivity index (χ0) is 19.7. The summed E-state index contributed by atoms with van der Waals surface area (Å²) in [5.74, 6) is 0.659. The van der Waals surface area contributed by atoms with E-state index in [1.54, 1.807) is 35.2 Å². The van der Waals surface area contributed by atoms with Crippen molar-refractivity contribution >= 4 is 15.7 Å². The van der Waals surface area contributed by atoms with Crippen molar-refractivity contribution in [3.05, 3.63) is 42.0 Å². The van der Waals surface area contributed by atoms with Crippen molar-refractivity contribution in [3.63, 3.8) is 0 Å². The third-order valence-electron chi connectivity index (χ3n) is 5.46. The maximum absolute atomic E-state index is 13.3. The Morgan fingerprint density at radius 3 is 2.33 bits per heavy atom. The van der Waals surface area contributed by atoms with Gasteiger partial charge < -0.3 is 9.88 Å². The highest BCUT2D eigenvalue weighted by Crippen LogP contribution is 2.40. The quantitative estimate of drug-likeness (QED) is 0.845. The van der Waals surface area contributed by atoms with Gasteiger partial charge >= 0.3 is 0 Å². The molecule has 1 aromatic carbocycles. The molecule has 0 spiro atoms. The number of carbonyl (C=O) groups is 1. The number of aryl methyl sites for hydroxylation is 1. The molecule has 1 saturated carbocycles. The second-order valence-corrected chi connectivity index (χ2v) is 9.45. The first-order valence-corrected chi connectivity index (χ1v) is 11.1. The first-order chi connectivity index (χ1) is 12.7. The monoisotopic (exact) mass is 390 g/mol. The SMILES string of the molecule is C[C@H](NC(=O)C1(c2ccc(S(C)(=O)=O)cc2)CCCCC1)c1nncn1C. The van der Waals surface area contributed by atoms with Gasteiger partial charge in [0.25, 0.3) is 0 Å². The number of rotatable bonds is 5. The van der Waals surface area contributed by atoms with Gasteiger partial charge in [-0.05, 0) is 37.5 Å². The summed E-state index contributed by atoms with van der Waals surface area (Å²) >= 11 is 0. The van der Waals surface area contributed by atoms with E-state index in [0.29, 0.717) is 5.82 Å². The number of sulfone groups is 1. The Kier molecular flexibility index (Phi) is 5.37. The molecular formula is C19H26N4O3S. The number of nitrogens with zero attached hydrogens (tertiary/aromatic N) is 3. The summed E-state index contributed by atoms with van der Waals surface area (Å²) in [5.41, 5.74) is 0.235. The predicted octanol–water partition coefficient (Wildman–Crippen LogP) is 2.30. The van der Waals surface area contributed by atoms with Crippen molar-refractivity contribution in [2.24, 2.45) is 7.05 Å². The molecule has 3 rings (SSSR count). The maximum atomic E-state index is 13.3.